The molecule has 0 spiro atoms. The molecule has 7 heteroatoms. The van der Waals surface area contributed by atoms with E-state index in [1.807, 2.05) is 0 Å². The van der Waals surface area contributed by atoms with Crippen molar-refractivity contribution in [1.29, 1.82) is 0 Å². The van der Waals surface area contributed by atoms with Crippen LogP contribution < -0.4 is 11.1 Å². The maximum absolute atomic E-state index is 13.0. The third-order valence-electron chi connectivity index (χ3n) is 1.90. The SMILES string of the molecule is CC(Nc1cc(F)cc([N+](=O)[O-])c1)C(N)=O. The van der Waals surface area contributed by atoms with E-state index >= 15 is 0 Å². The lowest BCUT2D eigenvalue weighted by molar-refractivity contribution is -0.385. The number of hydrogen-bond acceptors (Lipinski definition) is 4. The highest BCUT2D eigenvalue weighted by Crippen LogP contribution is 2.20. The van der Waals surface area contributed by atoms with E-state index in [4.69, 9.17) is 5.73 Å². The summed E-state index contributed by atoms with van der Waals surface area (Å²) in [6.45, 7) is 1.47. The molecule has 0 fully saturated rings. The van der Waals surface area contributed by atoms with Crippen molar-refractivity contribution >= 4 is 17.3 Å². The Kier molecular flexibility index (Phi) is 3.39. The number of nitro groups is 1. The van der Waals surface area contributed by atoms with Crippen LogP contribution in [0.1, 0.15) is 6.92 Å². The van der Waals surface area contributed by atoms with Crippen LogP contribution in [0, 0.1) is 15.9 Å². The first-order valence-corrected chi connectivity index (χ1v) is 4.41. The van der Waals surface area contributed by atoms with Crippen LogP contribution >= 0.6 is 0 Å². The van der Waals surface area contributed by atoms with Gasteiger partial charge in [0.05, 0.1) is 11.0 Å². The minimum atomic E-state index is -0.756. The van der Waals surface area contributed by atoms with E-state index in [0.717, 1.165) is 18.2 Å². The number of hydrogen-bond donors (Lipinski definition) is 2. The van der Waals surface area contributed by atoms with Gasteiger partial charge in [-0.3, -0.25) is 14.9 Å². The van der Waals surface area contributed by atoms with Gasteiger partial charge in [0, 0.05) is 11.8 Å². The van der Waals surface area contributed by atoms with Gasteiger partial charge < -0.3 is 11.1 Å². The first kappa shape index (κ1) is 11.9. The van der Waals surface area contributed by atoms with Gasteiger partial charge in [0.1, 0.15) is 11.9 Å². The molecular weight excluding hydrogens is 217 g/mol. The molecule has 0 saturated carbocycles. The molecule has 0 aliphatic heterocycles. The highest BCUT2D eigenvalue weighted by atomic mass is 19.1. The summed E-state index contributed by atoms with van der Waals surface area (Å²) < 4.78 is 13.0. The average molecular weight is 227 g/mol. The van der Waals surface area contributed by atoms with Crippen LogP contribution in [-0.4, -0.2) is 16.9 Å². The molecule has 1 unspecified atom stereocenters. The zero-order valence-corrected chi connectivity index (χ0v) is 8.44. The maximum Gasteiger partial charge on any atom is 0.274 e. The number of primary amides is 1. The second-order valence-corrected chi connectivity index (χ2v) is 3.22. The normalized spacial score (nSPS) is 11.9. The fourth-order valence-electron chi connectivity index (χ4n) is 1.08. The predicted molar refractivity (Wildman–Crippen MR) is 55.3 cm³/mol. The molecule has 1 amide bonds. The Morgan fingerprint density at radius 2 is 2.19 bits per heavy atom. The molecule has 1 atom stereocenters. The van der Waals surface area contributed by atoms with Crippen LogP contribution in [0.4, 0.5) is 15.8 Å². The van der Waals surface area contributed by atoms with Gasteiger partial charge in [0.15, 0.2) is 0 Å². The summed E-state index contributed by atoms with van der Waals surface area (Å²) in [4.78, 5) is 20.5. The summed E-state index contributed by atoms with van der Waals surface area (Å²) >= 11 is 0. The number of nitro benzene ring substituents is 1. The molecule has 6 nitrogen and oxygen atoms in total. The number of anilines is 1. The molecule has 0 aliphatic rings. The van der Waals surface area contributed by atoms with Crippen molar-refractivity contribution in [3.63, 3.8) is 0 Å². The highest BCUT2D eigenvalue weighted by molar-refractivity contribution is 5.82. The number of rotatable bonds is 4. The molecule has 3 N–H and O–H groups in total. The van der Waals surface area contributed by atoms with E-state index in [1.54, 1.807) is 0 Å². The Morgan fingerprint density at radius 3 is 2.69 bits per heavy atom. The van der Waals surface area contributed by atoms with Crippen molar-refractivity contribution in [2.75, 3.05) is 5.32 Å². The predicted octanol–water partition coefficient (Wildman–Crippen LogP) is 1.02. The number of amides is 1. The summed E-state index contributed by atoms with van der Waals surface area (Å²) in [6.07, 6.45) is 0. The van der Waals surface area contributed by atoms with E-state index in [2.05, 4.69) is 5.32 Å². The Hall–Kier alpha value is -2.18. The largest absolute Gasteiger partial charge is 0.374 e. The number of halogens is 1. The summed E-state index contributed by atoms with van der Waals surface area (Å²) in [5, 5.41) is 13.0. The van der Waals surface area contributed by atoms with Crippen LogP contribution in [-0.2, 0) is 4.79 Å². The lowest BCUT2D eigenvalue weighted by Gasteiger charge is -2.11. The van der Waals surface area contributed by atoms with Gasteiger partial charge in [-0.2, -0.15) is 0 Å². The molecule has 0 aliphatic carbocycles. The second kappa shape index (κ2) is 4.56. The lowest BCUT2D eigenvalue weighted by atomic mass is 10.2. The van der Waals surface area contributed by atoms with Gasteiger partial charge in [-0.1, -0.05) is 0 Å². The van der Waals surface area contributed by atoms with E-state index in [0.29, 0.717) is 0 Å². The van der Waals surface area contributed by atoms with E-state index < -0.39 is 22.7 Å². The van der Waals surface area contributed by atoms with Crippen LogP contribution in [0.2, 0.25) is 0 Å². The summed E-state index contributed by atoms with van der Waals surface area (Å²) in [7, 11) is 0. The van der Waals surface area contributed by atoms with E-state index in [9.17, 15) is 19.3 Å². The van der Waals surface area contributed by atoms with Crippen LogP contribution in [0.5, 0.6) is 0 Å². The smallest absolute Gasteiger partial charge is 0.274 e. The average Bonchev–Trinajstić information content (AvgIpc) is 2.16. The van der Waals surface area contributed by atoms with Crippen LogP contribution in [0.3, 0.4) is 0 Å². The molecule has 16 heavy (non-hydrogen) atoms. The van der Waals surface area contributed by atoms with Crippen molar-refractivity contribution in [3.8, 4) is 0 Å². The minimum absolute atomic E-state index is 0.137. The minimum Gasteiger partial charge on any atom is -0.374 e. The van der Waals surface area contributed by atoms with E-state index in [-0.39, 0.29) is 11.4 Å². The molecule has 1 aromatic carbocycles. The molecule has 0 bridgehead atoms. The number of nitrogens with one attached hydrogen (secondary N) is 1. The summed E-state index contributed by atoms with van der Waals surface area (Å²) in [5.41, 5.74) is 4.74. The molecule has 0 radical (unpaired) electrons. The standard InChI is InChI=1S/C9H10FN3O3/c1-5(9(11)14)12-7-2-6(10)3-8(4-7)13(15)16/h2-5,12H,1H3,(H2,11,14). The Labute approximate surface area is 90.4 Å². The first-order valence-electron chi connectivity index (χ1n) is 4.41. The Bertz CT molecular complexity index is 436. The number of carbonyl (C=O) groups excluding carboxylic acids is 1. The third-order valence-corrected chi connectivity index (χ3v) is 1.90. The molecule has 86 valence electrons. The zero-order chi connectivity index (χ0) is 12.3. The van der Waals surface area contributed by atoms with Crippen LogP contribution in [0.15, 0.2) is 18.2 Å². The summed E-state index contributed by atoms with van der Waals surface area (Å²) in [5.74, 6) is -1.39. The Morgan fingerprint density at radius 1 is 1.56 bits per heavy atom. The van der Waals surface area contributed by atoms with Gasteiger partial charge in [0.25, 0.3) is 5.69 Å². The van der Waals surface area contributed by atoms with Crippen molar-refractivity contribution in [3.05, 3.63) is 34.1 Å². The van der Waals surface area contributed by atoms with Gasteiger partial charge in [-0.15, -0.1) is 0 Å². The number of carbonyl (C=O) groups is 1. The lowest BCUT2D eigenvalue weighted by Crippen LogP contribution is -2.32. The van der Waals surface area contributed by atoms with Gasteiger partial charge >= 0.3 is 0 Å². The van der Waals surface area contributed by atoms with Gasteiger partial charge in [-0.05, 0) is 13.0 Å². The highest BCUT2D eigenvalue weighted by Gasteiger charge is 2.13. The third kappa shape index (κ3) is 2.91. The zero-order valence-electron chi connectivity index (χ0n) is 8.44. The topological polar surface area (TPSA) is 98.3 Å². The number of nitrogens with two attached hydrogens (primary N) is 1. The fraction of sp³-hybridized carbons (Fsp3) is 0.222. The van der Waals surface area contributed by atoms with Crippen molar-refractivity contribution in [2.24, 2.45) is 5.73 Å². The first-order chi connectivity index (χ1) is 7.40. The van der Waals surface area contributed by atoms with Gasteiger partial charge in [0.2, 0.25) is 5.91 Å². The Balaban J connectivity index is 2.97. The number of non-ortho nitro benzene ring substituents is 1. The molecule has 1 rings (SSSR count). The molecule has 0 saturated heterocycles. The number of nitrogens with zero attached hydrogens (tertiary/aromatic N) is 1. The second-order valence-electron chi connectivity index (χ2n) is 3.22. The molecule has 1 aromatic rings. The summed E-state index contributed by atoms with van der Waals surface area (Å²) in [6, 6.07) is 2.23. The van der Waals surface area contributed by atoms with Crippen molar-refractivity contribution < 1.29 is 14.1 Å². The number of benzene rings is 1. The monoisotopic (exact) mass is 227 g/mol. The van der Waals surface area contributed by atoms with Gasteiger partial charge in [-0.25, -0.2) is 4.39 Å². The quantitative estimate of drug-likeness (QED) is 0.592. The fourth-order valence-corrected chi connectivity index (χ4v) is 1.08. The molecular formula is C9H10FN3O3. The molecule has 0 aromatic heterocycles. The molecule has 0 heterocycles. The van der Waals surface area contributed by atoms with E-state index in [1.165, 1.54) is 6.92 Å². The van der Waals surface area contributed by atoms with Crippen molar-refractivity contribution in [1.82, 2.24) is 0 Å². The van der Waals surface area contributed by atoms with Crippen molar-refractivity contribution in [2.45, 2.75) is 13.0 Å². The maximum atomic E-state index is 13.0. The van der Waals surface area contributed by atoms with Crippen LogP contribution in [0.25, 0.3) is 0 Å².